The lowest BCUT2D eigenvalue weighted by molar-refractivity contribution is -0.124. The van der Waals surface area contributed by atoms with Crippen molar-refractivity contribution in [2.45, 2.75) is 90.5 Å². The van der Waals surface area contributed by atoms with Crippen molar-refractivity contribution in [3.63, 3.8) is 0 Å². The van der Waals surface area contributed by atoms with E-state index in [4.69, 9.17) is 14.7 Å². The number of carbonyl (C=O) groups excluding carboxylic acids is 6. The van der Waals surface area contributed by atoms with Crippen molar-refractivity contribution in [3.8, 4) is 42.5 Å². The SMILES string of the molecule is C/C=C1\NC(=O)[C@@H]([C@H](C)O)NC(=O)c2csc(n2)-c2ccc(-c3nc(-c4nc(C(=O)N/C(=C/C)C(=O)NC[C@H](C)O)cs4)cs3)nc2-c2cnc(s2)[C@@H]([C@H](C)O)NC(=O)c2csc(n2)[C@H](C(C)(C)OC)NC(=O)c2csc1n2. The number of aromatic nitrogens is 7. The molecule has 7 aromatic heterocycles. The molecule has 8 bridgehead atoms. The first-order valence-electron chi connectivity index (χ1n) is 23.7. The van der Waals surface area contributed by atoms with E-state index >= 15 is 0 Å². The number of nitrogens with zero attached hydrogens (tertiary/aromatic N) is 7. The molecular weight excluding hydrogens is 1120 g/mol. The molecule has 0 spiro atoms. The van der Waals surface area contributed by atoms with Gasteiger partial charge < -0.3 is 52.0 Å². The van der Waals surface area contributed by atoms with Crippen LogP contribution in [0.15, 0.2) is 63.1 Å². The van der Waals surface area contributed by atoms with Crippen LogP contribution in [0.2, 0.25) is 0 Å². The quantitative estimate of drug-likeness (QED) is 0.0738. The minimum atomic E-state index is -1.46. The molecule has 0 unspecified atom stereocenters. The van der Waals surface area contributed by atoms with Gasteiger partial charge in [-0.1, -0.05) is 12.2 Å². The molecule has 23 nitrogen and oxygen atoms in total. The highest BCUT2D eigenvalue weighted by atomic mass is 32.1. The van der Waals surface area contributed by atoms with E-state index in [1.165, 1.54) is 84.3 Å². The molecule has 0 saturated heterocycles. The Morgan fingerprint density at radius 2 is 1.31 bits per heavy atom. The molecule has 0 aromatic carbocycles. The fraction of sp³-hybridized carbons (Fsp3) is 0.327. The summed E-state index contributed by atoms with van der Waals surface area (Å²) in [5.41, 5.74) is 0.796. The maximum Gasteiger partial charge on any atom is 0.275 e. The molecule has 0 radical (unpaired) electrons. The highest BCUT2D eigenvalue weighted by Crippen LogP contribution is 2.40. The fourth-order valence-electron chi connectivity index (χ4n) is 7.31. The third-order valence-corrected chi connectivity index (χ3v) is 17.2. The van der Waals surface area contributed by atoms with Gasteiger partial charge in [-0.3, -0.25) is 28.8 Å². The van der Waals surface area contributed by atoms with Crippen molar-refractivity contribution < 1.29 is 48.8 Å². The van der Waals surface area contributed by atoms with E-state index < -0.39 is 77.5 Å². The number of aliphatic hydroxyl groups is 3. The highest BCUT2D eigenvalue weighted by molar-refractivity contribution is 7.16. The van der Waals surface area contributed by atoms with Gasteiger partial charge in [-0.2, -0.15) is 0 Å². The predicted molar refractivity (Wildman–Crippen MR) is 297 cm³/mol. The Balaban J connectivity index is 1.16. The summed E-state index contributed by atoms with van der Waals surface area (Å²) in [6.45, 7) is 11.1. The van der Waals surface area contributed by atoms with Crippen LogP contribution in [-0.4, -0.2) is 129 Å². The summed E-state index contributed by atoms with van der Waals surface area (Å²) in [6.07, 6.45) is 1.22. The number of fused-ring (bicyclic) bond motifs is 11. The summed E-state index contributed by atoms with van der Waals surface area (Å²) >= 11 is 6.85. The van der Waals surface area contributed by atoms with Crippen LogP contribution in [0, 0.1) is 0 Å². The van der Waals surface area contributed by atoms with E-state index in [9.17, 15) is 44.1 Å². The van der Waals surface area contributed by atoms with Gasteiger partial charge in [-0.25, -0.2) is 34.9 Å². The van der Waals surface area contributed by atoms with E-state index in [1.54, 1.807) is 51.3 Å². The van der Waals surface area contributed by atoms with Crippen LogP contribution in [0.5, 0.6) is 0 Å². The minimum Gasteiger partial charge on any atom is -0.392 e. The summed E-state index contributed by atoms with van der Waals surface area (Å²) in [7, 11) is 1.47. The van der Waals surface area contributed by atoms with Crippen LogP contribution < -0.4 is 31.9 Å². The zero-order chi connectivity index (χ0) is 56.2. The van der Waals surface area contributed by atoms with Gasteiger partial charge in [0.05, 0.1) is 45.9 Å². The molecule has 0 fully saturated rings. The number of amides is 6. The molecule has 8 rings (SSSR count). The Bertz CT molecular complexity index is 3460. The van der Waals surface area contributed by atoms with Gasteiger partial charge in [0.15, 0.2) is 0 Å². The summed E-state index contributed by atoms with van der Waals surface area (Å²) in [5.74, 6) is -3.97. The van der Waals surface area contributed by atoms with Crippen molar-refractivity contribution in [2.75, 3.05) is 13.7 Å². The zero-order valence-electron chi connectivity index (χ0n) is 42.7. The second kappa shape index (κ2) is 24.4. The molecular formula is C49H51N13O10S6. The lowest BCUT2D eigenvalue weighted by Gasteiger charge is -2.32. The van der Waals surface area contributed by atoms with Crippen LogP contribution in [-0.2, 0) is 14.3 Å². The molecule has 9 N–H and O–H groups in total. The molecule has 0 aliphatic carbocycles. The van der Waals surface area contributed by atoms with E-state index in [-0.39, 0.29) is 45.7 Å². The summed E-state index contributed by atoms with van der Waals surface area (Å²) < 4.78 is 5.79. The van der Waals surface area contributed by atoms with Gasteiger partial charge in [0, 0.05) is 52.3 Å². The van der Waals surface area contributed by atoms with E-state index in [0.717, 1.165) is 45.3 Å². The monoisotopic (exact) mass is 1170 g/mol. The Morgan fingerprint density at radius 3 is 1.97 bits per heavy atom. The number of aliphatic hydroxyl groups excluding tert-OH is 3. The van der Waals surface area contributed by atoms with Gasteiger partial charge in [-0.05, 0) is 60.6 Å². The number of methoxy groups -OCH3 is 1. The average Bonchev–Trinajstić information content (AvgIpc) is 4.31. The van der Waals surface area contributed by atoms with Crippen LogP contribution in [0.25, 0.3) is 48.2 Å². The van der Waals surface area contributed by atoms with Gasteiger partial charge in [0.2, 0.25) is 5.91 Å². The van der Waals surface area contributed by atoms with Gasteiger partial charge in [0.1, 0.15) is 82.3 Å². The Kier molecular flexibility index (Phi) is 17.9. The number of nitrogens with one attached hydrogen (secondary N) is 6. The van der Waals surface area contributed by atoms with Crippen LogP contribution >= 0.6 is 68.0 Å². The maximum atomic E-state index is 14.0. The molecule has 29 heteroatoms. The van der Waals surface area contributed by atoms with Crippen molar-refractivity contribution in [2.24, 2.45) is 0 Å². The summed E-state index contributed by atoms with van der Waals surface area (Å²) in [5, 5.41) is 57.7. The first kappa shape index (κ1) is 57.3. The normalized spacial score (nSPS) is 18.5. The zero-order valence-corrected chi connectivity index (χ0v) is 47.6. The maximum absolute atomic E-state index is 14.0. The lowest BCUT2D eigenvalue weighted by Crippen LogP contribution is -2.52. The molecule has 1 aliphatic rings. The molecule has 7 aromatic rings. The molecule has 6 atom stereocenters. The number of carbonyl (C=O) groups is 6. The minimum absolute atomic E-state index is 0.00194. The Morgan fingerprint density at radius 1 is 0.718 bits per heavy atom. The van der Waals surface area contributed by atoms with Gasteiger partial charge in [0.25, 0.3) is 29.5 Å². The fourth-order valence-corrected chi connectivity index (χ4v) is 12.7. The third-order valence-electron chi connectivity index (χ3n) is 11.7. The first-order valence-corrected chi connectivity index (χ1v) is 28.9. The number of pyridine rings is 1. The number of thiazole rings is 6. The van der Waals surface area contributed by atoms with Crippen molar-refractivity contribution >= 4 is 109 Å². The second-order valence-electron chi connectivity index (χ2n) is 17.9. The van der Waals surface area contributed by atoms with Gasteiger partial charge in [-0.15, -0.1) is 68.0 Å². The molecule has 6 amide bonds. The van der Waals surface area contributed by atoms with Crippen molar-refractivity contribution in [3.05, 3.63) is 101 Å². The number of hydrogen-bond acceptors (Lipinski definition) is 23. The lowest BCUT2D eigenvalue weighted by atomic mass is 9.99. The number of ether oxygens (including phenoxy) is 1. The summed E-state index contributed by atoms with van der Waals surface area (Å²) in [6, 6.07) is 0.0671. The third kappa shape index (κ3) is 12.8. The van der Waals surface area contributed by atoms with E-state index in [2.05, 4.69) is 56.8 Å². The Labute approximate surface area is 469 Å². The van der Waals surface area contributed by atoms with Gasteiger partial charge >= 0.3 is 0 Å². The predicted octanol–water partition coefficient (Wildman–Crippen LogP) is 5.34. The standard InChI is InChI=1S/C49H51N13O10S6/c1-9-24(37(66)50-13-20(3)63)53-38(67)27-16-75-46(57-27)31-19-76-45(59-31)26-12-11-23-35(52-26)32-14-51-47(78-32)34(22(5)65)61-40(69)29-18-77-48(58-29)36(49(6,7)72-8)62-41(70)30-17-74-44(56-30)25(10-2)54-42(71)33(21(4)64)60-39(68)28-15-73-43(23)55-28/h9-12,14-22,33-34,36,63-65H,13H2,1-8H3,(H,50,66)(H,53,67)(H,54,71)(H,60,68)(H,61,69)(H,62,70)/b24-9+,25-10-/t20-,21-,22-,33+,34+,36+/m0/s1. The molecule has 8 heterocycles. The Hall–Kier alpha value is -6.93. The second-order valence-corrected chi connectivity index (χ2v) is 23.3. The first-order chi connectivity index (χ1) is 37.2. The molecule has 408 valence electrons. The number of rotatable bonds is 11. The van der Waals surface area contributed by atoms with Crippen molar-refractivity contribution in [1.29, 1.82) is 0 Å². The highest BCUT2D eigenvalue weighted by Gasteiger charge is 2.37. The van der Waals surface area contributed by atoms with Crippen LogP contribution in [0.3, 0.4) is 0 Å². The smallest absolute Gasteiger partial charge is 0.275 e. The van der Waals surface area contributed by atoms with Crippen LogP contribution in [0.1, 0.15) is 118 Å². The number of allylic oxidation sites excluding steroid dienone is 2. The molecule has 0 saturated carbocycles. The van der Waals surface area contributed by atoms with Crippen LogP contribution in [0.4, 0.5) is 0 Å². The molecule has 78 heavy (non-hydrogen) atoms. The van der Waals surface area contributed by atoms with E-state index in [0.29, 0.717) is 52.6 Å². The summed E-state index contributed by atoms with van der Waals surface area (Å²) in [4.78, 5) is 115. The number of hydrogen-bond donors (Lipinski definition) is 9. The largest absolute Gasteiger partial charge is 0.392 e. The average molecular weight is 1170 g/mol. The van der Waals surface area contributed by atoms with E-state index in [1.807, 2.05) is 0 Å². The molecule has 1 aliphatic heterocycles. The van der Waals surface area contributed by atoms with Crippen molar-refractivity contribution in [1.82, 2.24) is 66.8 Å². The topological polar surface area (TPSA) is 335 Å².